The van der Waals surface area contributed by atoms with E-state index in [0.717, 1.165) is 22.0 Å². The number of fused-ring (bicyclic) bond motifs is 1. The molecule has 0 atom stereocenters. The minimum Gasteiger partial charge on any atom is -0.351 e. The van der Waals surface area contributed by atoms with Gasteiger partial charge in [0.05, 0.1) is 24.6 Å². The number of benzene rings is 2. The summed E-state index contributed by atoms with van der Waals surface area (Å²) in [5.41, 5.74) is 3.78. The first-order chi connectivity index (χ1) is 13.6. The molecule has 6 nitrogen and oxygen atoms in total. The van der Waals surface area contributed by atoms with Crippen LogP contribution in [0.2, 0.25) is 0 Å². The summed E-state index contributed by atoms with van der Waals surface area (Å²) in [5.74, 6) is 0.429. The molecule has 0 spiro atoms. The van der Waals surface area contributed by atoms with Gasteiger partial charge in [0, 0.05) is 31.0 Å². The van der Waals surface area contributed by atoms with Crippen molar-refractivity contribution in [3.8, 4) is 6.07 Å². The van der Waals surface area contributed by atoms with Crippen molar-refractivity contribution in [1.82, 2.24) is 14.3 Å². The molecule has 4 rings (SSSR count). The smallest absolute Gasteiger partial charge is 0.229 e. The van der Waals surface area contributed by atoms with Gasteiger partial charge in [-0.15, -0.1) is 0 Å². The molecule has 138 valence electrons. The van der Waals surface area contributed by atoms with Gasteiger partial charge in [0.1, 0.15) is 0 Å². The standard InChI is InChI=1S/C22H19N5O/c1-26-10-8-19-12-18(6-7-20(19)26)13-22(28)24-21-9-11-27(25-21)15-17-4-2-16(14-23)3-5-17/h2-12H,13,15H2,1H3,(H,24,25,28). The third-order valence-corrected chi connectivity index (χ3v) is 4.65. The SMILES string of the molecule is Cn1ccc2cc(CC(=O)Nc3ccn(Cc4ccc(C#N)cc4)n3)ccc21. The molecule has 0 aliphatic carbocycles. The van der Waals surface area contributed by atoms with E-state index in [0.29, 0.717) is 24.3 Å². The van der Waals surface area contributed by atoms with E-state index in [1.54, 1.807) is 22.9 Å². The van der Waals surface area contributed by atoms with E-state index in [4.69, 9.17) is 5.26 Å². The van der Waals surface area contributed by atoms with E-state index in [-0.39, 0.29) is 5.91 Å². The van der Waals surface area contributed by atoms with Crippen molar-refractivity contribution in [1.29, 1.82) is 5.26 Å². The topological polar surface area (TPSA) is 75.6 Å². The Kier molecular flexibility index (Phi) is 4.65. The largest absolute Gasteiger partial charge is 0.351 e. The molecule has 0 saturated heterocycles. The number of aryl methyl sites for hydroxylation is 1. The van der Waals surface area contributed by atoms with Crippen molar-refractivity contribution in [3.63, 3.8) is 0 Å². The van der Waals surface area contributed by atoms with Crippen molar-refractivity contribution in [2.45, 2.75) is 13.0 Å². The monoisotopic (exact) mass is 369 g/mol. The van der Waals surface area contributed by atoms with Crippen LogP contribution >= 0.6 is 0 Å². The summed E-state index contributed by atoms with van der Waals surface area (Å²) < 4.78 is 3.81. The van der Waals surface area contributed by atoms with Crippen LogP contribution in [0.25, 0.3) is 10.9 Å². The van der Waals surface area contributed by atoms with Crippen molar-refractivity contribution in [2.75, 3.05) is 5.32 Å². The van der Waals surface area contributed by atoms with Crippen LogP contribution in [-0.2, 0) is 24.8 Å². The molecule has 0 fully saturated rings. The van der Waals surface area contributed by atoms with Crippen molar-refractivity contribution < 1.29 is 4.79 Å². The Bertz CT molecular complexity index is 1180. The van der Waals surface area contributed by atoms with Crippen LogP contribution in [0.15, 0.2) is 67.0 Å². The summed E-state index contributed by atoms with van der Waals surface area (Å²) in [7, 11) is 2.00. The zero-order valence-electron chi connectivity index (χ0n) is 15.5. The van der Waals surface area contributed by atoms with E-state index >= 15 is 0 Å². The highest BCUT2D eigenvalue weighted by Gasteiger charge is 2.08. The van der Waals surface area contributed by atoms with Gasteiger partial charge >= 0.3 is 0 Å². The number of hydrogen-bond donors (Lipinski definition) is 1. The second-order valence-corrected chi connectivity index (χ2v) is 6.75. The fourth-order valence-corrected chi connectivity index (χ4v) is 3.20. The normalized spacial score (nSPS) is 10.7. The zero-order valence-corrected chi connectivity index (χ0v) is 15.5. The number of nitrogens with zero attached hydrogens (tertiary/aromatic N) is 4. The molecule has 0 saturated carbocycles. The highest BCUT2D eigenvalue weighted by atomic mass is 16.1. The number of carbonyl (C=O) groups is 1. The number of amides is 1. The number of carbonyl (C=O) groups excluding carboxylic acids is 1. The molecule has 0 radical (unpaired) electrons. The van der Waals surface area contributed by atoms with Crippen LogP contribution in [0, 0.1) is 11.3 Å². The summed E-state index contributed by atoms with van der Waals surface area (Å²) in [5, 5.41) is 17.2. The molecule has 0 unspecified atom stereocenters. The van der Waals surface area contributed by atoms with Crippen molar-refractivity contribution >= 4 is 22.6 Å². The minimum absolute atomic E-state index is 0.0982. The number of anilines is 1. The lowest BCUT2D eigenvalue weighted by atomic mass is 10.1. The summed E-state index contributed by atoms with van der Waals surface area (Å²) in [6.45, 7) is 0.576. The molecule has 2 aromatic heterocycles. The predicted octanol–water partition coefficient (Wildman–Crippen LogP) is 3.48. The van der Waals surface area contributed by atoms with Gasteiger partial charge in [0.15, 0.2) is 5.82 Å². The lowest BCUT2D eigenvalue weighted by molar-refractivity contribution is -0.115. The van der Waals surface area contributed by atoms with E-state index in [9.17, 15) is 4.79 Å². The maximum atomic E-state index is 12.4. The fraction of sp³-hybridized carbons (Fsp3) is 0.136. The first kappa shape index (κ1) is 17.6. The molecular weight excluding hydrogens is 350 g/mol. The molecule has 1 amide bonds. The van der Waals surface area contributed by atoms with Crippen LogP contribution in [0.4, 0.5) is 5.82 Å². The number of nitrogens with one attached hydrogen (secondary N) is 1. The Morgan fingerprint density at radius 2 is 1.86 bits per heavy atom. The summed E-state index contributed by atoms with van der Waals surface area (Å²) >= 11 is 0. The van der Waals surface area contributed by atoms with Gasteiger partial charge in [-0.3, -0.25) is 9.48 Å². The van der Waals surface area contributed by atoms with Gasteiger partial charge in [-0.25, -0.2) is 0 Å². The first-order valence-electron chi connectivity index (χ1n) is 8.97. The maximum Gasteiger partial charge on any atom is 0.229 e. The quantitative estimate of drug-likeness (QED) is 0.585. The molecule has 6 heteroatoms. The first-order valence-corrected chi connectivity index (χ1v) is 8.97. The van der Waals surface area contributed by atoms with Crippen LogP contribution in [0.1, 0.15) is 16.7 Å². The van der Waals surface area contributed by atoms with Gasteiger partial charge in [0.2, 0.25) is 5.91 Å². The summed E-state index contributed by atoms with van der Waals surface area (Å²) in [4.78, 5) is 12.4. The number of hydrogen-bond acceptors (Lipinski definition) is 3. The van der Waals surface area contributed by atoms with Gasteiger partial charge < -0.3 is 9.88 Å². The lowest BCUT2D eigenvalue weighted by Gasteiger charge is -2.04. The van der Waals surface area contributed by atoms with Crippen LogP contribution in [0.3, 0.4) is 0 Å². The van der Waals surface area contributed by atoms with Gasteiger partial charge in [-0.05, 0) is 46.8 Å². The molecule has 2 heterocycles. The van der Waals surface area contributed by atoms with Crippen molar-refractivity contribution in [3.05, 3.63) is 83.7 Å². The number of aromatic nitrogens is 3. The third-order valence-electron chi connectivity index (χ3n) is 4.65. The Hall–Kier alpha value is -3.85. The van der Waals surface area contributed by atoms with Crippen LogP contribution in [-0.4, -0.2) is 20.3 Å². The van der Waals surface area contributed by atoms with Crippen LogP contribution in [0.5, 0.6) is 0 Å². The number of rotatable bonds is 5. The summed E-state index contributed by atoms with van der Waals surface area (Å²) in [6.07, 6.45) is 4.13. The highest BCUT2D eigenvalue weighted by molar-refractivity contribution is 5.92. The van der Waals surface area contributed by atoms with Gasteiger partial charge in [0.25, 0.3) is 0 Å². The summed E-state index contributed by atoms with van der Waals surface area (Å²) in [6, 6.07) is 19.3. The van der Waals surface area contributed by atoms with Gasteiger partial charge in [-0.1, -0.05) is 18.2 Å². The fourth-order valence-electron chi connectivity index (χ4n) is 3.20. The van der Waals surface area contributed by atoms with Gasteiger partial charge in [-0.2, -0.15) is 10.4 Å². The molecule has 1 N–H and O–H groups in total. The maximum absolute atomic E-state index is 12.4. The second-order valence-electron chi connectivity index (χ2n) is 6.75. The van der Waals surface area contributed by atoms with E-state index in [1.807, 2.05) is 55.8 Å². The Morgan fingerprint density at radius 3 is 2.64 bits per heavy atom. The lowest BCUT2D eigenvalue weighted by Crippen LogP contribution is -2.15. The van der Waals surface area contributed by atoms with E-state index in [1.165, 1.54) is 0 Å². The molecule has 28 heavy (non-hydrogen) atoms. The Balaban J connectivity index is 1.38. The highest BCUT2D eigenvalue weighted by Crippen LogP contribution is 2.17. The molecule has 0 bridgehead atoms. The molecular formula is C22H19N5O. The molecule has 4 aromatic rings. The average Bonchev–Trinajstić information content (AvgIpc) is 3.28. The zero-order chi connectivity index (χ0) is 19.5. The second kappa shape index (κ2) is 7.41. The van der Waals surface area contributed by atoms with Crippen LogP contribution < -0.4 is 5.32 Å². The van der Waals surface area contributed by atoms with E-state index in [2.05, 4.69) is 21.1 Å². The average molecular weight is 369 g/mol. The molecule has 0 aliphatic heterocycles. The van der Waals surface area contributed by atoms with E-state index < -0.39 is 0 Å². The van der Waals surface area contributed by atoms with Crippen molar-refractivity contribution in [2.24, 2.45) is 7.05 Å². The molecule has 0 aliphatic rings. The Labute approximate surface area is 162 Å². The minimum atomic E-state index is -0.0982. The number of nitriles is 1. The third kappa shape index (κ3) is 3.79. The molecule has 2 aromatic carbocycles. The predicted molar refractivity (Wildman–Crippen MR) is 108 cm³/mol. The Morgan fingerprint density at radius 1 is 1.07 bits per heavy atom.